The summed E-state index contributed by atoms with van der Waals surface area (Å²) in [7, 11) is 1.71. The predicted molar refractivity (Wildman–Crippen MR) is 78.3 cm³/mol. The van der Waals surface area contributed by atoms with Gasteiger partial charge in [0.2, 0.25) is 0 Å². The lowest BCUT2D eigenvalue weighted by molar-refractivity contribution is 0.414. The Kier molecular flexibility index (Phi) is 7.51. The van der Waals surface area contributed by atoms with Gasteiger partial charge in [-0.1, -0.05) is 32.4 Å². The summed E-state index contributed by atoms with van der Waals surface area (Å²) in [6, 6.07) is 9.09. The highest BCUT2D eigenvalue weighted by Gasteiger charge is 2.06. The van der Waals surface area contributed by atoms with Crippen LogP contribution in [0.2, 0.25) is 0 Å². The standard InChI is InChI=1S/C16H27NO/c1-4-6-15(17-13-5-2)10-7-14-8-11-16(18-3)12-9-14/h8-9,11-12,15,17H,4-7,10,13H2,1-3H3. The highest BCUT2D eigenvalue weighted by atomic mass is 16.5. The summed E-state index contributed by atoms with van der Waals surface area (Å²) < 4.78 is 5.17. The van der Waals surface area contributed by atoms with Gasteiger partial charge >= 0.3 is 0 Å². The molecule has 0 amide bonds. The molecule has 102 valence electrons. The third kappa shape index (κ3) is 5.54. The molecule has 0 spiro atoms. The normalized spacial score (nSPS) is 12.4. The van der Waals surface area contributed by atoms with Gasteiger partial charge in [-0.2, -0.15) is 0 Å². The first-order valence-electron chi connectivity index (χ1n) is 7.16. The third-order valence-electron chi connectivity index (χ3n) is 3.26. The fraction of sp³-hybridized carbons (Fsp3) is 0.625. The zero-order valence-electron chi connectivity index (χ0n) is 12.0. The number of hydrogen-bond donors (Lipinski definition) is 1. The van der Waals surface area contributed by atoms with Crippen LogP contribution in [0.1, 0.15) is 45.1 Å². The number of nitrogens with one attached hydrogen (secondary N) is 1. The van der Waals surface area contributed by atoms with Crippen LogP contribution in [0.5, 0.6) is 5.75 Å². The molecule has 1 atom stereocenters. The van der Waals surface area contributed by atoms with Crippen LogP contribution < -0.4 is 10.1 Å². The number of rotatable bonds is 9. The average molecular weight is 249 g/mol. The van der Waals surface area contributed by atoms with E-state index in [0.29, 0.717) is 6.04 Å². The first-order chi connectivity index (χ1) is 8.80. The molecule has 0 saturated carbocycles. The maximum Gasteiger partial charge on any atom is 0.118 e. The molecule has 1 unspecified atom stereocenters. The van der Waals surface area contributed by atoms with Crippen molar-refractivity contribution in [3.05, 3.63) is 29.8 Å². The van der Waals surface area contributed by atoms with Gasteiger partial charge in [0, 0.05) is 6.04 Å². The monoisotopic (exact) mass is 249 g/mol. The number of benzene rings is 1. The molecule has 2 heteroatoms. The van der Waals surface area contributed by atoms with Crippen LogP contribution in [0.3, 0.4) is 0 Å². The summed E-state index contributed by atoms with van der Waals surface area (Å²) in [5, 5.41) is 3.64. The number of aryl methyl sites for hydroxylation is 1. The summed E-state index contributed by atoms with van der Waals surface area (Å²) in [4.78, 5) is 0. The van der Waals surface area contributed by atoms with Gasteiger partial charge in [0.05, 0.1) is 7.11 Å². The van der Waals surface area contributed by atoms with Gasteiger partial charge in [-0.3, -0.25) is 0 Å². The predicted octanol–water partition coefficient (Wildman–Crippen LogP) is 3.80. The zero-order chi connectivity index (χ0) is 13.2. The Morgan fingerprint density at radius 3 is 2.33 bits per heavy atom. The largest absolute Gasteiger partial charge is 0.497 e. The molecule has 1 N–H and O–H groups in total. The molecule has 0 fully saturated rings. The highest BCUT2D eigenvalue weighted by molar-refractivity contribution is 5.27. The summed E-state index contributed by atoms with van der Waals surface area (Å²) in [6.45, 7) is 5.61. The summed E-state index contributed by atoms with van der Waals surface area (Å²) in [5.41, 5.74) is 1.40. The van der Waals surface area contributed by atoms with E-state index in [1.807, 2.05) is 12.1 Å². The molecular formula is C16H27NO. The number of methoxy groups -OCH3 is 1. The van der Waals surface area contributed by atoms with E-state index in [4.69, 9.17) is 4.74 Å². The maximum absolute atomic E-state index is 5.17. The minimum absolute atomic E-state index is 0.664. The van der Waals surface area contributed by atoms with Crippen molar-refractivity contribution in [1.29, 1.82) is 0 Å². The van der Waals surface area contributed by atoms with Gasteiger partial charge in [0.25, 0.3) is 0 Å². The second kappa shape index (κ2) is 8.98. The van der Waals surface area contributed by atoms with Crippen molar-refractivity contribution in [3.63, 3.8) is 0 Å². The van der Waals surface area contributed by atoms with Crippen molar-refractivity contribution >= 4 is 0 Å². The summed E-state index contributed by atoms with van der Waals surface area (Å²) >= 11 is 0. The van der Waals surface area contributed by atoms with E-state index < -0.39 is 0 Å². The van der Waals surface area contributed by atoms with E-state index >= 15 is 0 Å². The average Bonchev–Trinajstić information content (AvgIpc) is 2.42. The Morgan fingerprint density at radius 2 is 1.78 bits per heavy atom. The minimum Gasteiger partial charge on any atom is -0.497 e. The highest BCUT2D eigenvalue weighted by Crippen LogP contribution is 2.14. The summed E-state index contributed by atoms with van der Waals surface area (Å²) in [5.74, 6) is 0.938. The molecule has 1 aromatic rings. The molecule has 0 heterocycles. The third-order valence-corrected chi connectivity index (χ3v) is 3.26. The van der Waals surface area contributed by atoms with Crippen LogP contribution in [0.4, 0.5) is 0 Å². The van der Waals surface area contributed by atoms with E-state index in [-0.39, 0.29) is 0 Å². The quantitative estimate of drug-likeness (QED) is 0.719. The molecule has 0 saturated heterocycles. The zero-order valence-corrected chi connectivity index (χ0v) is 12.0. The Morgan fingerprint density at radius 1 is 1.06 bits per heavy atom. The summed E-state index contributed by atoms with van der Waals surface area (Å²) in [6.07, 6.45) is 6.11. The molecular weight excluding hydrogens is 222 g/mol. The van der Waals surface area contributed by atoms with Gasteiger partial charge < -0.3 is 10.1 Å². The van der Waals surface area contributed by atoms with Crippen LogP contribution in [0, 0.1) is 0 Å². The first kappa shape index (κ1) is 15.0. The molecule has 1 rings (SSSR count). The number of ether oxygens (including phenoxy) is 1. The van der Waals surface area contributed by atoms with Crippen LogP contribution in [0.25, 0.3) is 0 Å². The Bertz CT molecular complexity index is 307. The lowest BCUT2D eigenvalue weighted by Gasteiger charge is -2.17. The van der Waals surface area contributed by atoms with E-state index in [0.717, 1.165) is 18.7 Å². The van der Waals surface area contributed by atoms with Gasteiger partial charge in [0.1, 0.15) is 5.75 Å². The topological polar surface area (TPSA) is 21.3 Å². The van der Waals surface area contributed by atoms with Crippen LogP contribution in [-0.2, 0) is 6.42 Å². The second-order valence-corrected chi connectivity index (χ2v) is 4.83. The molecule has 0 aliphatic carbocycles. The molecule has 0 aliphatic heterocycles. The van der Waals surface area contributed by atoms with Crippen molar-refractivity contribution in [2.45, 2.75) is 52.0 Å². The number of hydrogen-bond acceptors (Lipinski definition) is 2. The lowest BCUT2D eigenvalue weighted by atomic mass is 10.0. The van der Waals surface area contributed by atoms with E-state index in [1.54, 1.807) is 7.11 Å². The van der Waals surface area contributed by atoms with E-state index in [2.05, 4.69) is 31.3 Å². The minimum atomic E-state index is 0.664. The fourth-order valence-electron chi connectivity index (χ4n) is 2.18. The molecule has 18 heavy (non-hydrogen) atoms. The van der Waals surface area contributed by atoms with Gasteiger partial charge in [-0.25, -0.2) is 0 Å². The van der Waals surface area contributed by atoms with Gasteiger partial charge in [-0.15, -0.1) is 0 Å². The van der Waals surface area contributed by atoms with E-state index in [9.17, 15) is 0 Å². The smallest absolute Gasteiger partial charge is 0.118 e. The van der Waals surface area contributed by atoms with Gasteiger partial charge in [0.15, 0.2) is 0 Å². The van der Waals surface area contributed by atoms with Crippen LogP contribution >= 0.6 is 0 Å². The van der Waals surface area contributed by atoms with Gasteiger partial charge in [-0.05, 0) is 49.9 Å². The molecule has 0 aliphatic rings. The van der Waals surface area contributed by atoms with Crippen LogP contribution in [0.15, 0.2) is 24.3 Å². The van der Waals surface area contributed by atoms with Crippen LogP contribution in [-0.4, -0.2) is 19.7 Å². The molecule has 1 aromatic carbocycles. The SMILES string of the molecule is CCCNC(CCC)CCc1ccc(OC)cc1. The molecule has 2 nitrogen and oxygen atoms in total. The Labute approximate surface area is 112 Å². The van der Waals surface area contributed by atoms with Crippen molar-refractivity contribution in [2.75, 3.05) is 13.7 Å². The fourth-order valence-corrected chi connectivity index (χ4v) is 2.18. The van der Waals surface area contributed by atoms with Crippen molar-refractivity contribution < 1.29 is 4.74 Å². The van der Waals surface area contributed by atoms with Crippen molar-refractivity contribution in [2.24, 2.45) is 0 Å². The van der Waals surface area contributed by atoms with Crippen molar-refractivity contribution in [3.8, 4) is 5.75 Å². The Balaban J connectivity index is 2.39. The maximum atomic E-state index is 5.17. The molecule has 0 radical (unpaired) electrons. The molecule has 0 aromatic heterocycles. The van der Waals surface area contributed by atoms with E-state index in [1.165, 1.54) is 31.2 Å². The van der Waals surface area contributed by atoms with Crippen molar-refractivity contribution in [1.82, 2.24) is 5.32 Å². The Hall–Kier alpha value is -1.02. The lowest BCUT2D eigenvalue weighted by Crippen LogP contribution is -2.30. The second-order valence-electron chi connectivity index (χ2n) is 4.83. The first-order valence-corrected chi connectivity index (χ1v) is 7.16. The molecule has 0 bridgehead atoms.